The topological polar surface area (TPSA) is 45.4 Å². The van der Waals surface area contributed by atoms with Crippen LogP contribution in [0.25, 0.3) is 0 Å². The Hall–Kier alpha value is -1.90. The highest BCUT2D eigenvalue weighted by molar-refractivity contribution is 5.62. The number of hydrogen-bond donors (Lipinski definition) is 2. The Morgan fingerprint density at radius 1 is 1.08 bits per heavy atom. The van der Waals surface area contributed by atoms with Gasteiger partial charge in [0, 0.05) is 6.07 Å². The van der Waals surface area contributed by atoms with Gasteiger partial charge in [-0.2, -0.15) is 0 Å². The average Bonchev–Trinajstić information content (AvgIpc) is 2.61. The van der Waals surface area contributed by atoms with E-state index >= 15 is 0 Å². The molecule has 0 atom stereocenters. The fourth-order valence-corrected chi connectivity index (χ4v) is 1.06. The Balaban J connectivity index is 2.24. The Morgan fingerprint density at radius 3 is 2.62 bits per heavy atom. The van der Waals surface area contributed by atoms with Crippen molar-refractivity contribution in [2.24, 2.45) is 0 Å². The first-order valence-electron chi connectivity index (χ1n) is 3.95. The molecule has 0 radical (unpaired) electrons. The molecule has 0 saturated carbocycles. The molecule has 0 aliphatic heterocycles. The van der Waals surface area contributed by atoms with E-state index in [0.29, 0.717) is 11.6 Å². The number of phenolic OH excluding ortho intramolecular Hbond substituents is 1. The third-order valence-electron chi connectivity index (χ3n) is 1.68. The summed E-state index contributed by atoms with van der Waals surface area (Å²) in [6, 6.07) is 10.6. The lowest BCUT2D eigenvalue weighted by Crippen LogP contribution is -1.87. The lowest BCUT2D eigenvalue weighted by atomic mass is 10.3. The van der Waals surface area contributed by atoms with Gasteiger partial charge in [0.2, 0.25) is 0 Å². The van der Waals surface area contributed by atoms with Gasteiger partial charge in [-0.25, -0.2) is 0 Å². The summed E-state index contributed by atoms with van der Waals surface area (Å²) in [6.45, 7) is 0. The molecule has 66 valence electrons. The highest BCUT2D eigenvalue weighted by Crippen LogP contribution is 2.25. The molecule has 2 aromatic rings. The van der Waals surface area contributed by atoms with E-state index in [1.807, 2.05) is 6.07 Å². The number of hydrogen-bond acceptors (Lipinski definition) is 3. The van der Waals surface area contributed by atoms with Crippen LogP contribution in [-0.4, -0.2) is 5.11 Å². The van der Waals surface area contributed by atoms with Crippen LogP contribution in [0.15, 0.2) is 47.1 Å². The molecule has 0 spiro atoms. The first kappa shape index (κ1) is 7.73. The normalized spacial score (nSPS) is 9.85. The summed E-state index contributed by atoms with van der Waals surface area (Å²) < 4.78 is 5.07. The van der Waals surface area contributed by atoms with Gasteiger partial charge < -0.3 is 14.8 Å². The maximum Gasteiger partial charge on any atom is 0.197 e. The van der Waals surface area contributed by atoms with E-state index in [-0.39, 0.29) is 5.75 Å². The molecule has 1 aromatic carbocycles. The van der Waals surface area contributed by atoms with Crippen molar-refractivity contribution < 1.29 is 9.52 Å². The van der Waals surface area contributed by atoms with Crippen molar-refractivity contribution in [3.8, 4) is 5.75 Å². The minimum atomic E-state index is 0.207. The number of benzene rings is 1. The van der Waals surface area contributed by atoms with E-state index < -0.39 is 0 Å². The molecule has 3 nitrogen and oxygen atoms in total. The van der Waals surface area contributed by atoms with Gasteiger partial charge in [0.25, 0.3) is 0 Å². The molecule has 0 unspecified atom stereocenters. The van der Waals surface area contributed by atoms with E-state index in [9.17, 15) is 5.11 Å². The van der Waals surface area contributed by atoms with Crippen LogP contribution in [0.1, 0.15) is 0 Å². The molecular formula is C10H9NO2. The van der Waals surface area contributed by atoms with Crippen molar-refractivity contribution in [3.05, 3.63) is 42.7 Å². The minimum Gasteiger partial charge on any atom is -0.506 e. The highest BCUT2D eigenvalue weighted by Gasteiger charge is 2.00. The maximum absolute atomic E-state index is 9.41. The number of phenols is 1. The molecule has 13 heavy (non-hydrogen) atoms. The van der Waals surface area contributed by atoms with Crippen molar-refractivity contribution in [1.82, 2.24) is 0 Å². The van der Waals surface area contributed by atoms with Gasteiger partial charge in [0.05, 0.1) is 12.0 Å². The molecule has 0 amide bonds. The molecule has 1 aromatic heterocycles. The lowest BCUT2D eigenvalue weighted by molar-refractivity contribution is 0.477. The Bertz CT molecular complexity index is 382. The van der Waals surface area contributed by atoms with Crippen molar-refractivity contribution in [3.63, 3.8) is 0 Å². The van der Waals surface area contributed by atoms with Gasteiger partial charge in [-0.1, -0.05) is 12.1 Å². The van der Waals surface area contributed by atoms with Crippen LogP contribution >= 0.6 is 0 Å². The first-order valence-corrected chi connectivity index (χ1v) is 3.95. The second-order valence-electron chi connectivity index (χ2n) is 2.62. The highest BCUT2D eigenvalue weighted by atomic mass is 16.3. The summed E-state index contributed by atoms with van der Waals surface area (Å²) in [5.41, 5.74) is 0.637. The Labute approximate surface area is 75.6 Å². The van der Waals surface area contributed by atoms with Crippen molar-refractivity contribution >= 4 is 11.6 Å². The summed E-state index contributed by atoms with van der Waals surface area (Å²) in [6.07, 6.45) is 1.57. The number of anilines is 2. The molecule has 2 N–H and O–H groups in total. The third kappa shape index (κ3) is 1.64. The van der Waals surface area contributed by atoms with Crippen LogP contribution in [0.3, 0.4) is 0 Å². The van der Waals surface area contributed by atoms with Crippen molar-refractivity contribution in [2.75, 3.05) is 5.32 Å². The standard InChI is InChI=1S/C10H9NO2/c12-9-5-2-1-4-8(9)11-10-6-3-7-13-10/h1-7,11-12H. The average molecular weight is 175 g/mol. The zero-order valence-electron chi connectivity index (χ0n) is 6.90. The minimum absolute atomic E-state index is 0.207. The van der Waals surface area contributed by atoms with Crippen LogP contribution < -0.4 is 5.32 Å². The molecule has 1 heterocycles. The van der Waals surface area contributed by atoms with Crippen LogP contribution in [0.5, 0.6) is 5.75 Å². The lowest BCUT2D eigenvalue weighted by Gasteiger charge is -2.03. The van der Waals surface area contributed by atoms with Crippen LogP contribution in [0.2, 0.25) is 0 Å². The molecule has 0 bridgehead atoms. The third-order valence-corrected chi connectivity index (χ3v) is 1.68. The number of aromatic hydroxyl groups is 1. The van der Waals surface area contributed by atoms with E-state index in [1.54, 1.807) is 36.6 Å². The molecule has 0 saturated heterocycles. The summed E-state index contributed by atoms with van der Waals surface area (Å²) in [7, 11) is 0. The van der Waals surface area contributed by atoms with Crippen LogP contribution in [0.4, 0.5) is 11.6 Å². The maximum atomic E-state index is 9.41. The van der Waals surface area contributed by atoms with E-state index in [1.165, 1.54) is 0 Å². The Morgan fingerprint density at radius 2 is 1.92 bits per heavy atom. The monoisotopic (exact) mass is 175 g/mol. The van der Waals surface area contributed by atoms with Crippen LogP contribution in [-0.2, 0) is 0 Å². The molecular weight excluding hydrogens is 166 g/mol. The van der Waals surface area contributed by atoms with Crippen molar-refractivity contribution in [2.45, 2.75) is 0 Å². The van der Waals surface area contributed by atoms with Gasteiger partial charge >= 0.3 is 0 Å². The summed E-state index contributed by atoms with van der Waals surface area (Å²) in [4.78, 5) is 0. The van der Waals surface area contributed by atoms with Gasteiger partial charge in [0.15, 0.2) is 5.88 Å². The second kappa shape index (κ2) is 3.23. The SMILES string of the molecule is Oc1ccccc1Nc1ccco1. The number of rotatable bonds is 2. The van der Waals surface area contributed by atoms with Gasteiger partial charge in [-0.15, -0.1) is 0 Å². The number of nitrogens with one attached hydrogen (secondary N) is 1. The summed E-state index contributed by atoms with van der Waals surface area (Å²) in [5.74, 6) is 0.820. The number of para-hydroxylation sites is 2. The fourth-order valence-electron chi connectivity index (χ4n) is 1.06. The largest absolute Gasteiger partial charge is 0.506 e. The first-order chi connectivity index (χ1) is 6.36. The molecule has 2 rings (SSSR count). The Kier molecular flexibility index (Phi) is 1.92. The van der Waals surface area contributed by atoms with E-state index in [0.717, 1.165) is 0 Å². The predicted octanol–water partition coefficient (Wildman–Crippen LogP) is 2.73. The number of furan rings is 1. The molecule has 0 fully saturated rings. The summed E-state index contributed by atoms with van der Waals surface area (Å²) >= 11 is 0. The quantitative estimate of drug-likeness (QED) is 0.690. The van der Waals surface area contributed by atoms with E-state index in [4.69, 9.17) is 4.42 Å². The smallest absolute Gasteiger partial charge is 0.197 e. The van der Waals surface area contributed by atoms with E-state index in [2.05, 4.69) is 5.32 Å². The van der Waals surface area contributed by atoms with Gasteiger partial charge in [-0.3, -0.25) is 0 Å². The predicted molar refractivity (Wildman–Crippen MR) is 50.1 cm³/mol. The van der Waals surface area contributed by atoms with Crippen molar-refractivity contribution in [1.29, 1.82) is 0 Å². The van der Waals surface area contributed by atoms with Gasteiger partial charge in [0.1, 0.15) is 5.75 Å². The van der Waals surface area contributed by atoms with Crippen LogP contribution in [0, 0.1) is 0 Å². The zero-order valence-corrected chi connectivity index (χ0v) is 6.90. The fraction of sp³-hybridized carbons (Fsp3) is 0. The molecule has 0 aliphatic rings. The summed E-state index contributed by atoms with van der Waals surface area (Å²) in [5, 5.41) is 12.3. The molecule has 0 aliphatic carbocycles. The van der Waals surface area contributed by atoms with Gasteiger partial charge in [-0.05, 0) is 18.2 Å². The second-order valence-corrected chi connectivity index (χ2v) is 2.62. The molecule has 3 heteroatoms. The zero-order chi connectivity index (χ0) is 9.10.